The van der Waals surface area contributed by atoms with Crippen LogP contribution in [0.1, 0.15) is 5.56 Å². The zero-order valence-corrected chi connectivity index (χ0v) is 11.9. The van der Waals surface area contributed by atoms with Gasteiger partial charge in [0.25, 0.3) is 0 Å². The molecule has 1 aromatic rings. The minimum Gasteiger partial charge on any atom is -0.327 e. The molecule has 0 saturated carbocycles. The van der Waals surface area contributed by atoms with E-state index in [0.29, 0.717) is 0 Å². The van der Waals surface area contributed by atoms with E-state index in [0.717, 1.165) is 10.0 Å². The van der Waals surface area contributed by atoms with E-state index in [2.05, 4.69) is 15.9 Å². The van der Waals surface area contributed by atoms with Crippen LogP contribution in [0.15, 0.2) is 28.7 Å². The van der Waals surface area contributed by atoms with Gasteiger partial charge in [-0.2, -0.15) is 0 Å². The summed E-state index contributed by atoms with van der Waals surface area (Å²) >= 11 is 3.36. The summed E-state index contributed by atoms with van der Waals surface area (Å²) in [6.45, 7) is -0.102. The highest BCUT2D eigenvalue weighted by atomic mass is 79.9. The van der Waals surface area contributed by atoms with Crippen LogP contribution in [0.2, 0.25) is 0 Å². The molecular weight excluding hydrogens is 318 g/mol. The number of hydrogen-bond acceptors (Lipinski definition) is 2. The lowest BCUT2D eigenvalue weighted by atomic mass is 9.96. The van der Waals surface area contributed by atoms with Crippen LogP contribution in [0.25, 0.3) is 0 Å². The molecule has 0 aliphatic carbocycles. The Balaban J connectivity index is 0. The molecule has 2 nitrogen and oxygen atoms in total. The van der Waals surface area contributed by atoms with Crippen molar-refractivity contribution in [1.29, 1.82) is 0 Å². The number of halogens is 4. The highest BCUT2D eigenvalue weighted by molar-refractivity contribution is 9.10. The van der Waals surface area contributed by atoms with Crippen LogP contribution < -0.4 is 11.5 Å². The Kier molecular flexibility index (Phi) is 9.54. The Morgan fingerprint density at radius 3 is 2.06 bits per heavy atom. The normalized spacial score (nSPS) is 10.2. The third-order valence-electron chi connectivity index (χ3n) is 2.20. The molecule has 0 heterocycles. The quantitative estimate of drug-likeness (QED) is 0.889. The average Bonchev–Trinajstić information content (AvgIpc) is 2.21. The average molecular weight is 334 g/mol. The molecule has 0 spiro atoms. The Hall–Kier alpha value is 0.130. The van der Waals surface area contributed by atoms with Crippen molar-refractivity contribution in [2.45, 2.75) is 12.1 Å². The van der Waals surface area contributed by atoms with Gasteiger partial charge in [0.2, 0.25) is 0 Å². The summed E-state index contributed by atoms with van der Waals surface area (Å²) < 4.78 is 14.7. The molecule has 1 rings (SSSR count). The Morgan fingerprint density at radius 2 is 1.62 bits per heavy atom. The molecule has 1 aromatic carbocycles. The lowest BCUT2D eigenvalue weighted by molar-refractivity contribution is 0.183. The van der Waals surface area contributed by atoms with Crippen molar-refractivity contribution in [3.8, 4) is 0 Å². The summed E-state index contributed by atoms with van der Waals surface area (Å²) in [6.07, 6.45) is 0.251. The van der Waals surface area contributed by atoms with Crippen molar-refractivity contribution in [3.05, 3.63) is 34.3 Å². The van der Waals surface area contributed by atoms with Gasteiger partial charge in [-0.25, -0.2) is 4.39 Å². The number of hydrogen-bond donors (Lipinski definition) is 2. The molecule has 0 atom stereocenters. The molecule has 0 aliphatic rings. The molecular formula is C10H16BrCl2FN2. The van der Waals surface area contributed by atoms with Gasteiger partial charge in [0.15, 0.2) is 0 Å². The lowest BCUT2D eigenvalue weighted by Crippen LogP contribution is -2.42. The fraction of sp³-hybridized carbons (Fsp3) is 0.400. The van der Waals surface area contributed by atoms with E-state index in [-0.39, 0.29) is 44.3 Å². The Morgan fingerprint density at radius 1 is 1.12 bits per heavy atom. The van der Waals surface area contributed by atoms with Crippen LogP contribution in [0.5, 0.6) is 0 Å². The second-order valence-electron chi connectivity index (χ2n) is 3.33. The molecule has 0 radical (unpaired) electrons. The predicted molar refractivity (Wildman–Crippen MR) is 74.3 cm³/mol. The molecule has 0 aliphatic heterocycles. The van der Waals surface area contributed by atoms with Crippen molar-refractivity contribution in [3.63, 3.8) is 0 Å². The second kappa shape index (κ2) is 8.25. The zero-order valence-electron chi connectivity index (χ0n) is 8.66. The van der Waals surface area contributed by atoms with Crippen molar-refractivity contribution < 1.29 is 4.39 Å². The van der Waals surface area contributed by atoms with Crippen LogP contribution in [-0.4, -0.2) is 18.8 Å². The molecule has 16 heavy (non-hydrogen) atoms. The van der Waals surface area contributed by atoms with Gasteiger partial charge in [0, 0.05) is 24.0 Å². The second-order valence-corrected chi connectivity index (χ2v) is 4.18. The van der Waals surface area contributed by atoms with Gasteiger partial charge in [-0.3, -0.25) is 0 Å². The minimum atomic E-state index is -1.50. The molecule has 94 valence electrons. The van der Waals surface area contributed by atoms with Crippen molar-refractivity contribution in [2.75, 3.05) is 13.1 Å². The van der Waals surface area contributed by atoms with Crippen molar-refractivity contribution >= 4 is 40.7 Å². The molecule has 0 bridgehead atoms. The fourth-order valence-electron chi connectivity index (χ4n) is 1.21. The molecule has 0 saturated heterocycles. The van der Waals surface area contributed by atoms with E-state index in [4.69, 9.17) is 11.5 Å². The number of nitrogens with two attached hydrogens (primary N) is 2. The molecule has 0 amide bonds. The van der Waals surface area contributed by atoms with E-state index >= 15 is 0 Å². The summed E-state index contributed by atoms with van der Waals surface area (Å²) in [5.41, 5.74) is 10.1. The van der Waals surface area contributed by atoms with Gasteiger partial charge in [-0.1, -0.05) is 34.1 Å². The highest BCUT2D eigenvalue weighted by Gasteiger charge is 2.27. The maximum Gasteiger partial charge on any atom is 0.139 e. The van der Waals surface area contributed by atoms with Gasteiger partial charge in [0.05, 0.1) is 0 Å². The number of benzene rings is 1. The molecule has 4 N–H and O–H groups in total. The zero-order chi connectivity index (χ0) is 10.6. The summed E-state index contributed by atoms with van der Waals surface area (Å²) in [6, 6.07) is 7.50. The summed E-state index contributed by atoms with van der Waals surface area (Å²) in [7, 11) is 0. The maximum atomic E-state index is 13.8. The van der Waals surface area contributed by atoms with E-state index < -0.39 is 5.67 Å². The standard InChI is InChI=1S/C10H14BrFN2.2ClH/c11-9-4-2-1-3-8(9)5-10(12,6-13)7-14;;/h1-4H,5-7,13-14H2;2*1H. The largest absolute Gasteiger partial charge is 0.327 e. The van der Waals surface area contributed by atoms with Crippen LogP contribution in [-0.2, 0) is 6.42 Å². The Labute approximate surface area is 116 Å². The van der Waals surface area contributed by atoms with Crippen LogP contribution in [0, 0.1) is 0 Å². The minimum absolute atomic E-state index is 0. The molecule has 0 aromatic heterocycles. The van der Waals surface area contributed by atoms with Gasteiger partial charge in [-0.05, 0) is 11.6 Å². The van der Waals surface area contributed by atoms with Crippen LogP contribution >= 0.6 is 40.7 Å². The first-order valence-electron chi connectivity index (χ1n) is 4.44. The lowest BCUT2D eigenvalue weighted by Gasteiger charge is -2.22. The Bertz CT molecular complexity index is 309. The first-order chi connectivity index (χ1) is 6.61. The molecule has 0 fully saturated rings. The van der Waals surface area contributed by atoms with Crippen LogP contribution in [0.4, 0.5) is 4.39 Å². The topological polar surface area (TPSA) is 52.0 Å². The third kappa shape index (κ3) is 4.97. The summed E-state index contributed by atoms with van der Waals surface area (Å²) in [4.78, 5) is 0. The van der Waals surface area contributed by atoms with Crippen molar-refractivity contribution in [1.82, 2.24) is 0 Å². The van der Waals surface area contributed by atoms with E-state index in [1.165, 1.54) is 0 Å². The summed E-state index contributed by atoms with van der Waals surface area (Å²) in [5.74, 6) is 0. The van der Waals surface area contributed by atoms with Gasteiger partial charge >= 0.3 is 0 Å². The summed E-state index contributed by atoms with van der Waals surface area (Å²) in [5, 5.41) is 0. The van der Waals surface area contributed by atoms with Crippen LogP contribution in [0.3, 0.4) is 0 Å². The van der Waals surface area contributed by atoms with E-state index in [9.17, 15) is 4.39 Å². The van der Waals surface area contributed by atoms with E-state index in [1.807, 2.05) is 24.3 Å². The number of rotatable bonds is 4. The highest BCUT2D eigenvalue weighted by Crippen LogP contribution is 2.22. The SMILES string of the molecule is Cl.Cl.NCC(F)(CN)Cc1ccccc1Br. The van der Waals surface area contributed by atoms with Gasteiger partial charge in [0.1, 0.15) is 5.67 Å². The first-order valence-corrected chi connectivity index (χ1v) is 5.23. The van der Waals surface area contributed by atoms with E-state index in [1.54, 1.807) is 0 Å². The third-order valence-corrected chi connectivity index (χ3v) is 2.97. The fourth-order valence-corrected chi connectivity index (χ4v) is 1.64. The molecule has 0 unspecified atom stereocenters. The first kappa shape index (κ1) is 18.5. The number of alkyl halides is 1. The van der Waals surface area contributed by atoms with Gasteiger partial charge < -0.3 is 11.5 Å². The maximum absolute atomic E-state index is 13.8. The monoisotopic (exact) mass is 332 g/mol. The van der Waals surface area contributed by atoms with Gasteiger partial charge in [-0.15, -0.1) is 24.8 Å². The predicted octanol–water partition coefficient (Wildman–Crippen LogP) is 2.46. The van der Waals surface area contributed by atoms with Crippen molar-refractivity contribution in [2.24, 2.45) is 11.5 Å². The molecule has 6 heteroatoms. The smallest absolute Gasteiger partial charge is 0.139 e.